The molecule has 2 rings (SSSR count). The summed E-state index contributed by atoms with van der Waals surface area (Å²) >= 11 is 5.92. The molecule has 2 aromatic heterocycles. The Morgan fingerprint density at radius 2 is 1.60 bits per heavy atom. The summed E-state index contributed by atoms with van der Waals surface area (Å²) in [6.45, 7) is 4.17. The summed E-state index contributed by atoms with van der Waals surface area (Å²) in [5, 5.41) is 9.39. The fourth-order valence-electron chi connectivity index (χ4n) is 1.72. The summed E-state index contributed by atoms with van der Waals surface area (Å²) in [4.78, 5) is 17.2. The summed E-state index contributed by atoms with van der Waals surface area (Å²) in [5.74, 6) is 1.73. The zero-order chi connectivity index (χ0) is 14.7. The predicted molar refractivity (Wildman–Crippen MR) is 82.6 cm³/mol. The van der Waals surface area contributed by atoms with E-state index in [2.05, 4.69) is 49.7 Å². The van der Waals surface area contributed by atoms with Gasteiger partial charge in [0, 0.05) is 20.1 Å². The number of hydrogen-bond acceptors (Lipinski definition) is 7. The Balaban J connectivity index is 2.62. The Morgan fingerprint density at radius 1 is 1.00 bits per heavy atom. The van der Waals surface area contributed by atoms with Gasteiger partial charge in [-0.15, -0.1) is 0 Å². The van der Waals surface area contributed by atoms with Crippen molar-refractivity contribution < 1.29 is 0 Å². The molecule has 0 unspecified atom stereocenters. The lowest BCUT2D eigenvalue weighted by molar-refractivity contribution is 0.754. The molecule has 0 aromatic carbocycles. The number of nitrogens with one attached hydrogen (secondary N) is 3. The summed E-state index contributed by atoms with van der Waals surface area (Å²) in [6, 6.07) is 0.281. The summed E-state index contributed by atoms with van der Waals surface area (Å²) in [7, 11) is 3.55. The SMILES string of the molecule is CC[C@H](C)Nc1nc(NC)c2nc(Cl)nc(NC)c2n1. The van der Waals surface area contributed by atoms with E-state index < -0.39 is 0 Å². The standard InChI is InChI=1S/C12H18ClN7/c1-5-6(2)16-12-18-8-7(10(15-4)20-12)17-11(13)19-9(8)14-3/h6H,5H2,1-4H3,(H,14,17,19)(H2,15,16,18,20)/t6-/m0/s1. The summed E-state index contributed by atoms with van der Waals surface area (Å²) in [5.41, 5.74) is 1.22. The van der Waals surface area contributed by atoms with Gasteiger partial charge in [0.2, 0.25) is 11.2 Å². The second-order valence-electron chi connectivity index (χ2n) is 4.39. The predicted octanol–water partition coefficient (Wildman–Crippen LogP) is 2.37. The lowest BCUT2D eigenvalue weighted by atomic mass is 10.3. The van der Waals surface area contributed by atoms with E-state index in [4.69, 9.17) is 11.6 Å². The molecule has 2 heterocycles. The van der Waals surface area contributed by atoms with Gasteiger partial charge in [0.1, 0.15) is 11.0 Å². The number of anilines is 3. The van der Waals surface area contributed by atoms with E-state index in [1.165, 1.54) is 0 Å². The van der Waals surface area contributed by atoms with Gasteiger partial charge in [-0.2, -0.15) is 9.97 Å². The molecule has 3 N–H and O–H groups in total. The fraction of sp³-hybridized carbons (Fsp3) is 0.500. The van der Waals surface area contributed by atoms with Crippen molar-refractivity contribution in [3.05, 3.63) is 5.28 Å². The second kappa shape index (κ2) is 6.04. The van der Waals surface area contributed by atoms with Crippen LogP contribution in [-0.2, 0) is 0 Å². The average Bonchev–Trinajstić information content (AvgIpc) is 2.45. The third kappa shape index (κ3) is 2.82. The molecule has 0 spiro atoms. The van der Waals surface area contributed by atoms with Gasteiger partial charge in [-0.1, -0.05) is 6.92 Å². The zero-order valence-electron chi connectivity index (χ0n) is 12.0. The molecule has 0 aliphatic heterocycles. The maximum atomic E-state index is 5.92. The van der Waals surface area contributed by atoms with E-state index in [9.17, 15) is 0 Å². The molecule has 0 saturated heterocycles. The monoisotopic (exact) mass is 295 g/mol. The van der Waals surface area contributed by atoms with Crippen LogP contribution >= 0.6 is 11.6 Å². The topological polar surface area (TPSA) is 87.7 Å². The molecule has 0 aliphatic carbocycles. The number of fused-ring (bicyclic) bond motifs is 1. The Hall–Kier alpha value is -1.89. The highest BCUT2D eigenvalue weighted by Gasteiger charge is 2.14. The van der Waals surface area contributed by atoms with Crippen molar-refractivity contribution in [2.75, 3.05) is 30.0 Å². The van der Waals surface area contributed by atoms with Crippen molar-refractivity contribution in [3.63, 3.8) is 0 Å². The molecule has 8 heteroatoms. The fourth-order valence-corrected chi connectivity index (χ4v) is 1.89. The molecule has 2 aromatic rings. The Labute approximate surface area is 122 Å². The molecule has 0 saturated carbocycles. The number of nitrogens with zero attached hydrogens (tertiary/aromatic N) is 4. The van der Waals surface area contributed by atoms with Crippen molar-refractivity contribution in [1.29, 1.82) is 0 Å². The lowest BCUT2D eigenvalue weighted by Crippen LogP contribution is -2.16. The number of aromatic nitrogens is 4. The summed E-state index contributed by atoms with van der Waals surface area (Å²) < 4.78 is 0. The number of hydrogen-bond donors (Lipinski definition) is 3. The minimum absolute atomic E-state index is 0.157. The van der Waals surface area contributed by atoms with E-state index in [1.807, 2.05) is 0 Å². The third-order valence-electron chi connectivity index (χ3n) is 2.98. The number of halogens is 1. The molecule has 7 nitrogen and oxygen atoms in total. The smallest absolute Gasteiger partial charge is 0.225 e. The zero-order valence-corrected chi connectivity index (χ0v) is 12.7. The summed E-state index contributed by atoms with van der Waals surface area (Å²) in [6.07, 6.45) is 0.978. The van der Waals surface area contributed by atoms with Crippen LogP contribution in [0.3, 0.4) is 0 Å². The molecule has 1 atom stereocenters. The van der Waals surface area contributed by atoms with Crippen LogP contribution in [0.4, 0.5) is 17.6 Å². The molecule has 0 aliphatic rings. The van der Waals surface area contributed by atoms with Gasteiger partial charge in [0.15, 0.2) is 11.6 Å². The van der Waals surface area contributed by atoms with Crippen molar-refractivity contribution in [1.82, 2.24) is 19.9 Å². The van der Waals surface area contributed by atoms with Gasteiger partial charge in [-0.3, -0.25) is 0 Å². The van der Waals surface area contributed by atoms with Crippen molar-refractivity contribution in [2.24, 2.45) is 0 Å². The van der Waals surface area contributed by atoms with Crippen LogP contribution in [0.2, 0.25) is 5.28 Å². The highest BCUT2D eigenvalue weighted by atomic mass is 35.5. The van der Waals surface area contributed by atoms with Crippen molar-refractivity contribution in [3.8, 4) is 0 Å². The Morgan fingerprint density at radius 3 is 2.20 bits per heavy atom. The van der Waals surface area contributed by atoms with Gasteiger partial charge >= 0.3 is 0 Å². The van der Waals surface area contributed by atoms with Crippen LogP contribution in [-0.4, -0.2) is 40.1 Å². The first-order valence-corrected chi connectivity index (χ1v) is 6.84. The van der Waals surface area contributed by atoms with Crippen LogP contribution in [0.15, 0.2) is 0 Å². The Bertz CT molecular complexity index is 616. The molecule has 0 amide bonds. The maximum Gasteiger partial charge on any atom is 0.225 e. The van der Waals surface area contributed by atoms with Crippen LogP contribution in [0.1, 0.15) is 20.3 Å². The molecule has 0 radical (unpaired) electrons. The molecular weight excluding hydrogens is 278 g/mol. The first kappa shape index (κ1) is 14.5. The van der Waals surface area contributed by atoms with E-state index in [-0.39, 0.29) is 11.3 Å². The van der Waals surface area contributed by atoms with Crippen LogP contribution in [0.5, 0.6) is 0 Å². The molecule has 0 bridgehead atoms. The normalized spacial score (nSPS) is 12.2. The maximum absolute atomic E-state index is 5.92. The third-order valence-corrected chi connectivity index (χ3v) is 3.15. The highest BCUT2D eigenvalue weighted by molar-refractivity contribution is 6.29. The molecule has 0 fully saturated rings. The quantitative estimate of drug-likeness (QED) is 0.730. The van der Waals surface area contributed by atoms with Crippen LogP contribution in [0, 0.1) is 0 Å². The lowest BCUT2D eigenvalue weighted by Gasteiger charge is -2.14. The van der Waals surface area contributed by atoms with Crippen LogP contribution in [0.25, 0.3) is 11.0 Å². The largest absolute Gasteiger partial charge is 0.371 e. The number of rotatable bonds is 5. The van der Waals surface area contributed by atoms with Crippen molar-refractivity contribution >= 4 is 40.2 Å². The van der Waals surface area contributed by atoms with Gasteiger partial charge < -0.3 is 16.0 Å². The van der Waals surface area contributed by atoms with Crippen molar-refractivity contribution in [2.45, 2.75) is 26.3 Å². The molecule has 20 heavy (non-hydrogen) atoms. The van der Waals surface area contributed by atoms with E-state index in [1.54, 1.807) is 14.1 Å². The van der Waals surface area contributed by atoms with Gasteiger partial charge in [0.25, 0.3) is 0 Å². The van der Waals surface area contributed by atoms with Gasteiger partial charge in [0.05, 0.1) is 0 Å². The average molecular weight is 296 g/mol. The van der Waals surface area contributed by atoms with E-state index >= 15 is 0 Å². The first-order chi connectivity index (χ1) is 9.58. The van der Waals surface area contributed by atoms with Gasteiger partial charge in [-0.25, -0.2) is 9.97 Å². The highest BCUT2D eigenvalue weighted by Crippen LogP contribution is 2.26. The minimum atomic E-state index is 0.157. The van der Waals surface area contributed by atoms with Crippen LogP contribution < -0.4 is 16.0 Å². The Kier molecular flexibility index (Phi) is 4.39. The van der Waals surface area contributed by atoms with E-state index in [0.29, 0.717) is 28.6 Å². The first-order valence-electron chi connectivity index (χ1n) is 6.46. The van der Waals surface area contributed by atoms with E-state index in [0.717, 1.165) is 6.42 Å². The van der Waals surface area contributed by atoms with Gasteiger partial charge in [-0.05, 0) is 24.9 Å². The molecule has 108 valence electrons. The second-order valence-corrected chi connectivity index (χ2v) is 4.73. The minimum Gasteiger partial charge on any atom is -0.371 e. The molecular formula is C12H18ClN7.